The number of rotatable bonds is 5. The number of para-hydroxylation sites is 1. The van der Waals surface area contributed by atoms with Crippen LogP contribution < -0.4 is 5.32 Å². The van der Waals surface area contributed by atoms with Crippen LogP contribution in [0.25, 0.3) is 0 Å². The number of halogens is 2. The fourth-order valence-electron chi connectivity index (χ4n) is 2.24. The van der Waals surface area contributed by atoms with E-state index in [-0.39, 0.29) is 6.04 Å². The maximum absolute atomic E-state index is 13.3. The molecule has 1 atom stereocenters. The van der Waals surface area contributed by atoms with E-state index in [2.05, 4.69) is 16.3 Å². The largest absolute Gasteiger partial charge is 0.378 e. The summed E-state index contributed by atoms with van der Waals surface area (Å²) in [4.78, 5) is 2.09. The van der Waals surface area contributed by atoms with Crippen LogP contribution in [-0.4, -0.2) is 19.0 Å². The van der Waals surface area contributed by atoms with Crippen LogP contribution in [-0.2, 0) is 6.54 Å². The minimum atomic E-state index is -0.820. The van der Waals surface area contributed by atoms with Crippen LogP contribution in [0.15, 0.2) is 42.5 Å². The van der Waals surface area contributed by atoms with Crippen molar-refractivity contribution < 1.29 is 8.78 Å². The van der Waals surface area contributed by atoms with E-state index >= 15 is 0 Å². The summed E-state index contributed by atoms with van der Waals surface area (Å²) >= 11 is 0. The highest BCUT2D eigenvalue weighted by atomic mass is 19.2. The van der Waals surface area contributed by atoms with Crippen molar-refractivity contribution in [2.45, 2.75) is 19.5 Å². The third-order valence-electron chi connectivity index (χ3n) is 3.32. The van der Waals surface area contributed by atoms with Crippen LogP contribution in [0.5, 0.6) is 0 Å². The van der Waals surface area contributed by atoms with Crippen molar-refractivity contribution in [3.8, 4) is 0 Å². The number of nitrogens with zero attached hydrogens (tertiary/aromatic N) is 1. The number of benzene rings is 2. The van der Waals surface area contributed by atoms with Gasteiger partial charge >= 0.3 is 0 Å². The molecule has 0 saturated heterocycles. The Labute approximate surface area is 124 Å². The Hall–Kier alpha value is -1.94. The molecule has 2 rings (SSSR count). The second kappa shape index (κ2) is 6.68. The lowest BCUT2D eigenvalue weighted by molar-refractivity contribution is 0.403. The van der Waals surface area contributed by atoms with Gasteiger partial charge in [-0.25, -0.2) is 8.78 Å². The highest BCUT2D eigenvalue weighted by Crippen LogP contribution is 2.24. The first-order valence-electron chi connectivity index (χ1n) is 6.91. The standard InChI is InChI=1S/C17H20F2N2/c1-12(13-8-9-15(18)16(19)10-13)20-17-7-5-4-6-14(17)11-21(2)3/h4-10,12,20H,11H2,1-3H3. The SMILES string of the molecule is CC(Nc1ccccc1CN(C)C)c1ccc(F)c(F)c1. The first kappa shape index (κ1) is 15.4. The zero-order valence-electron chi connectivity index (χ0n) is 12.5. The van der Waals surface area contributed by atoms with Crippen molar-refractivity contribution in [1.29, 1.82) is 0 Å². The average Bonchev–Trinajstić information content (AvgIpc) is 2.43. The fraction of sp³-hybridized carbons (Fsp3) is 0.294. The third-order valence-corrected chi connectivity index (χ3v) is 3.32. The Morgan fingerprint density at radius 2 is 1.76 bits per heavy atom. The quantitative estimate of drug-likeness (QED) is 0.888. The van der Waals surface area contributed by atoms with Crippen LogP contribution in [0.3, 0.4) is 0 Å². The molecular formula is C17H20F2N2. The number of hydrogen-bond donors (Lipinski definition) is 1. The summed E-state index contributed by atoms with van der Waals surface area (Å²) < 4.78 is 26.3. The smallest absolute Gasteiger partial charge is 0.159 e. The van der Waals surface area contributed by atoms with E-state index in [4.69, 9.17) is 0 Å². The zero-order chi connectivity index (χ0) is 15.4. The lowest BCUT2D eigenvalue weighted by Crippen LogP contribution is -2.14. The number of nitrogens with one attached hydrogen (secondary N) is 1. The van der Waals surface area contributed by atoms with Gasteiger partial charge in [0.25, 0.3) is 0 Å². The molecule has 0 bridgehead atoms. The van der Waals surface area contributed by atoms with Gasteiger partial charge in [-0.05, 0) is 50.3 Å². The first-order valence-corrected chi connectivity index (χ1v) is 6.91. The summed E-state index contributed by atoms with van der Waals surface area (Å²) in [5.41, 5.74) is 2.88. The molecule has 0 aromatic heterocycles. The molecular weight excluding hydrogens is 270 g/mol. The van der Waals surface area contributed by atoms with Crippen molar-refractivity contribution >= 4 is 5.69 Å². The predicted octanol–water partition coefficient (Wildman–Crippen LogP) is 4.20. The molecule has 21 heavy (non-hydrogen) atoms. The normalized spacial score (nSPS) is 12.5. The van der Waals surface area contributed by atoms with Gasteiger partial charge in [-0.15, -0.1) is 0 Å². The van der Waals surface area contributed by atoms with Crippen LogP contribution >= 0.6 is 0 Å². The second-order valence-corrected chi connectivity index (χ2v) is 5.43. The van der Waals surface area contributed by atoms with Crippen molar-refractivity contribution in [1.82, 2.24) is 4.90 Å². The average molecular weight is 290 g/mol. The van der Waals surface area contributed by atoms with Crippen LogP contribution in [0.2, 0.25) is 0 Å². The molecule has 0 amide bonds. The summed E-state index contributed by atoms with van der Waals surface area (Å²) in [6.07, 6.45) is 0. The van der Waals surface area contributed by atoms with E-state index in [1.807, 2.05) is 39.2 Å². The maximum atomic E-state index is 13.3. The Balaban J connectivity index is 2.19. The molecule has 0 aliphatic carbocycles. The van der Waals surface area contributed by atoms with Crippen molar-refractivity contribution in [2.75, 3.05) is 19.4 Å². The van der Waals surface area contributed by atoms with E-state index in [1.165, 1.54) is 6.07 Å². The molecule has 0 radical (unpaired) electrons. The van der Waals surface area contributed by atoms with Crippen molar-refractivity contribution in [3.05, 3.63) is 65.2 Å². The highest BCUT2D eigenvalue weighted by Gasteiger charge is 2.11. The molecule has 0 saturated carbocycles. The van der Waals surface area contributed by atoms with Crippen LogP contribution in [0.4, 0.5) is 14.5 Å². The molecule has 0 aliphatic heterocycles. The molecule has 0 spiro atoms. The summed E-state index contributed by atoms with van der Waals surface area (Å²) in [5, 5.41) is 3.36. The molecule has 0 aliphatic rings. The van der Waals surface area contributed by atoms with Gasteiger partial charge in [-0.1, -0.05) is 24.3 Å². The van der Waals surface area contributed by atoms with E-state index in [0.717, 1.165) is 23.9 Å². The monoisotopic (exact) mass is 290 g/mol. The van der Waals surface area contributed by atoms with Gasteiger partial charge in [0, 0.05) is 18.3 Å². The molecule has 1 unspecified atom stereocenters. The summed E-state index contributed by atoms with van der Waals surface area (Å²) in [6, 6.07) is 11.9. The van der Waals surface area contributed by atoms with Gasteiger partial charge in [-0.2, -0.15) is 0 Å². The third kappa shape index (κ3) is 4.02. The Morgan fingerprint density at radius 3 is 2.43 bits per heavy atom. The lowest BCUT2D eigenvalue weighted by atomic mass is 10.1. The van der Waals surface area contributed by atoms with E-state index in [0.29, 0.717) is 5.56 Å². The van der Waals surface area contributed by atoms with E-state index < -0.39 is 11.6 Å². The molecule has 0 fully saturated rings. The van der Waals surface area contributed by atoms with Gasteiger partial charge in [0.1, 0.15) is 0 Å². The topological polar surface area (TPSA) is 15.3 Å². The number of anilines is 1. The predicted molar refractivity (Wildman–Crippen MR) is 82.2 cm³/mol. The van der Waals surface area contributed by atoms with Gasteiger partial charge in [0.05, 0.1) is 0 Å². The van der Waals surface area contributed by atoms with Crippen LogP contribution in [0, 0.1) is 11.6 Å². The summed E-state index contributed by atoms with van der Waals surface area (Å²) in [6.45, 7) is 2.74. The van der Waals surface area contributed by atoms with Gasteiger partial charge in [0.15, 0.2) is 11.6 Å². The Bertz CT molecular complexity index is 611. The summed E-state index contributed by atoms with van der Waals surface area (Å²) in [7, 11) is 4.02. The molecule has 112 valence electrons. The van der Waals surface area contributed by atoms with Gasteiger partial charge < -0.3 is 10.2 Å². The molecule has 2 aromatic rings. The molecule has 2 aromatic carbocycles. The molecule has 4 heteroatoms. The van der Waals surface area contributed by atoms with E-state index in [9.17, 15) is 8.78 Å². The summed E-state index contributed by atoms with van der Waals surface area (Å²) in [5.74, 6) is -1.64. The van der Waals surface area contributed by atoms with Gasteiger partial charge in [-0.3, -0.25) is 0 Å². The van der Waals surface area contributed by atoms with Crippen molar-refractivity contribution in [3.63, 3.8) is 0 Å². The zero-order valence-corrected chi connectivity index (χ0v) is 12.5. The Morgan fingerprint density at radius 1 is 1.05 bits per heavy atom. The highest BCUT2D eigenvalue weighted by molar-refractivity contribution is 5.52. The minimum absolute atomic E-state index is 0.108. The molecule has 2 nitrogen and oxygen atoms in total. The Kier molecular flexibility index (Phi) is 4.91. The van der Waals surface area contributed by atoms with Crippen LogP contribution in [0.1, 0.15) is 24.1 Å². The lowest BCUT2D eigenvalue weighted by Gasteiger charge is -2.20. The fourth-order valence-corrected chi connectivity index (χ4v) is 2.24. The number of hydrogen-bond acceptors (Lipinski definition) is 2. The first-order chi connectivity index (χ1) is 9.97. The molecule has 1 N–H and O–H groups in total. The molecule has 0 heterocycles. The maximum Gasteiger partial charge on any atom is 0.159 e. The van der Waals surface area contributed by atoms with Gasteiger partial charge in [0.2, 0.25) is 0 Å². The van der Waals surface area contributed by atoms with E-state index in [1.54, 1.807) is 6.07 Å². The van der Waals surface area contributed by atoms with Crippen molar-refractivity contribution in [2.24, 2.45) is 0 Å². The minimum Gasteiger partial charge on any atom is -0.378 e. The second-order valence-electron chi connectivity index (χ2n) is 5.43.